The molecule has 5 nitrogen and oxygen atoms in total. The number of carbonyl (C=O) groups excluding carboxylic acids is 1. The van der Waals surface area contributed by atoms with Crippen molar-refractivity contribution in [2.45, 2.75) is 6.92 Å². The number of carboxylic acids is 1. The van der Waals surface area contributed by atoms with Gasteiger partial charge in [0.15, 0.2) is 0 Å². The molecule has 0 spiro atoms. The van der Waals surface area contributed by atoms with Gasteiger partial charge in [-0.1, -0.05) is 12.2 Å². The lowest BCUT2D eigenvalue weighted by Gasteiger charge is -2.03. The van der Waals surface area contributed by atoms with Gasteiger partial charge in [0, 0.05) is 13.6 Å². The molecule has 0 aliphatic rings. The molecule has 5 heteroatoms. The Morgan fingerprint density at radius 2 is 1.87 bits per heavy atom. The number of hydrogen-bond acceptors (Lipinski definition) is 3. The number of aliphatic carboxylic acids is 1. The summed E-state index contributed by atoms with van der Waals surface area (Å²) < 4.78 is 0. The van der Waals surface area contributed by atoms with E-state index < -0.39 is 5.97 Å². The highest BCUT2D eigenvalue weighted by atomic mass is 16.4. The summed E-state index contributed by atoms with van der Waals surface area (Å²) in [6, 6.07) is 0. The van der Waals surface area contributed by atoms with Crippen LogP contribution in [0.25, 0.3) is 0 Å². The Bertz CT molecular complexity index is 203. The van der Waals surface area contributed by atoms with Crippen LogP contribution in [0.1, 0.15) is 6.92 Å². The lowest BCUT2D eigenvalue weighted by Crippen LogP contribution is -2.23. The van der Waals surface area contributed by atoms with Crippen LogP contribution in [0, 0.1) is 0 Å². The number of amides is 1. The zero-order valence-electron chi connectivity index (χ0n) is 9.80. The average molecular weight is 216 g/mol. The molecule has 0 saturated carbocycles. The maximum absolute atomic E-state index is 9.77. The molecule has 0 heterocycles. The molecule has 0 rings (SSSR count). The van der Waals surface area contributed by atoms with Crippen LogP contribution >= 0.6 is 0 Å². The molecule has 0 aromatic carbocycles. The molecule has 1 N–H and O–H groups in total. The van der Waals surface area contributed by atoms with Gasteiger partial charge in [-0.15, -0.1) is 0 Å². The number of carbonyl (C=O) groups is 2. The van der Waals surface area contributed by atoms with E-state index in [0.29, 0.717) is 6.41 Å². The van der Waals surface area contributed by atoms with Crippen LogP contribution in [0.15, 0.2) is 12.2 Å². The molecule has 0 fully saturated rings. The first-order chi connectivity index (χ1) is 6.93. The zero-order valence-corrected chi connectivity index (χ0v) is 9.80. The van der Waals surface area contributed by atoms with Crippen molar-refractivity contribution in [3.8, 4) is 0 Å². The predicted molar refractivity (Wildman–Crippen MR) is 59.7 cm³/mol. The van der Waals surface area contributed by atoms with Gasteiger partial charge < -0.3 is 14.9 Å². The van der Waals surface area contributed by atoms with Crippen LogP contribution in [-0.2, 0) is 9.59 Å². The Balaban J connectivity index is 0. The van der Waals surface area contributed by atoms with E-state index in [2.05, 4.69) is 31.1 Å². The summed E-state index contributed by atoms with van der Waals surface area (Å²) >= 11 is 0. The van der Waals surface area contributed by atoms with Crippen molar-refractivity contribution in [3.63, 3.8) is 0 Å². The van der Waals surface area contributed by atoms with Gasteiger partial charge in [0.05, 0.1) is 0 Å². The second-order valence-electron chi connectivity index (χ2n) is 3.25. The summed E-state index contributed by atoms with van der Waals surface area (Å²) in [7, 11) is 5.52. The van der Waals surface area contributed by atoms with Crippen molar-refractivity contribution in [1.29, 1.82) is 0 Å². The fraction of sp³-hybridized carbons (Fsp3) is 0.600. The largest absolute Gasteiger partial charge is 0.480 e. The summed E-state index contributed by atoms with van der Waals surface area (Å²) in [5.74, 6) is -1.00. The third-order valence-electron chi connectivity index (χ3n) is 1.27. The lowest BCUT2D eigenvalue weighted by atomic mass is 10.5. The standard InChI is InChI=1S/C6H13N.C4H7NO3/c1-4-5-6-7(2)3;1-5(3-6)2-4(7)8/h4-5H,6H2,1-3H3;3H,2H2,1H3,(H,7,8)/b5-4+;. The van der Waals surface area contributed by atoms with Gasteiger partial charge in [-0.2, -0.15) is 0 Å². The van der Waals surface area contributed by atoms with Gasteiger partial charge in [-0.3, -0.25) is 9.59 Å². The molecule has 1 amide bonds. The minimum atomic E-state index is -1.00. The van der Waals surface area contributed by atoms with Crippen LogP contribution in [0.5, 0.6) is 0 Å². The van der Waals surface area contributed by atoms with E-state index in [0.717, 1.165) is 11.4 Å². The second-order valence-corrected chi connectivity index (χ2v) is 3.25. The van der Waals surface area contributed by atoms with Gasteiger partial charge >= 0.3 is 5.97 Å². The highest BCUT2D eigenvalue weighted by Crippen LogP contribution is 1.74. The highest BCUT2D eigenvalue weighted by Gasteiger charge is 1.98. The third-order valence-corrected chi connectivity index (χ3v) is 1.27. The Hall–Kier alpha value is -1.36. The van der Waals surface area contributed by atoms with Crippen molar-refractivity contribution in [3.05, 3.63) is 12.2 Å². The molecule has 88 valence electrons. The highest BCUT2D eigenvalue weighted by molar-refractivity contribution is 5.71. The molecule has 0 saturated heterocycles. The number of nitrogens with zero attached hydrogens (tertiary/aromatic N) is 2. The maximum atomic E-state index is 9.77. The molecule has 0 aromatic heterocycles. The molecule has 0 atom stereocenters. The Kier molecular flexibility index (Phi) is 11.5. The topological polar surface area (TPSA) is 60.9 Å². The Morgan fingerprint density at radius 1 is 1.33 bits per heavy atom. The summed E-state index contributed by atoms with van der Waals surface area (Å²) in [6.45, 7) is 2.85. The van der Waals surface area contributed by atoms with E-state index in [-0.39, 0.29) is 6.54 Å². The van der Waals surface area contributed by atoms with E-state index >= 15 is 0 Å². The first-order valence-corrected chi connectivity index (χ1v) is 4.57. The van der Waals surface area contributed by atoms with E-state index in [4.69, 9.17) is 5.11 Å². The molecular weight excluding hydrogens is 196 g/mol. The second kappa shape index (κ2) is 10.7. The van der Waals surface area contributed by atoms with Crippen molar-refractivity contribution in [2.75, 3.05) is 34.2 Å². The summed E-state index contributed by atoms with van der Waals surface area (Å²) in [4.78, 5) is 22.6. The minimum Gasteiger partial charge on any atom is -0.480 e. The number of likely N-dealkylation sites (N-methyl/N-ethyl adjacent to an activating group) is 2. The predicted octanol–water partition coefficient (Wildman–Crippen LogP) is 0.283. The van der Waals surface area contributed by atoms with Gasteiger partial charge in [-0.25, -0.2) is 0 Å². The normalized spacial score (nSPS) is 9.67. The van der Waals surface area contributed by atoms with E-state index in [1.807, 2.05) is 6.92 Å². The van der Waals surface area contributed by atoms with Gasteiger partial charge in [0.1, 0.15) is 6.54 Å². The van der Waals surface area contributed by atoms with Crippen molar-refractivity contribution >= 4 is 12.4 Å². The number of carboxylic acid groups (broad SMARTS) is 1. The van der Waals surface area contributed by atoms with Gasteiger partial charge in [0.25, 0.3) is 0 Å². The summed E-state index contributed by atoms with van der Waals surface area (Å²) in [5.41, 5.74) is 0. The molecule has 0 aromatic rings. The van der Waals surface area contributed by atoms with Crippen molar-refractivity contribution < 1.29 is 14.7 Å². The fourth-order valence-electron chi connectivity index (χ4n) is 0.567. The van der Waals surface area contributed by atoms with Crippen molar-refractivity contribution in [2.24, 2.45) is 0 Å². The zero-order chi connectivity index (χ0) is 12.3. The van der Waals surface area contributed by atoms with E-state index in [9.17, 15) is 9.59 Å². The van der Waals surface area contributed by atoms with Gasteiger partial charge in [0.2, 0.25) is 6.41 Å². The lowest BCUT2D eigenvalue weighted by molar-refractivity contribution is -0.140. The molecule has 0 bridgehead atoms. The summed E-state index contributed by atoms with van der Waals surface area (Å²) in [6.07, 6.45) is 4.65. The first-order valence-electron chi connectivity index (χ1n) is 4.57. The van der Waals surface area contributed by atoms with Crippen LogP contribution in [0.2, 0.25) is 0 Å². The van der Waals surface area contributed by atoms with E-state index in [1.165, 1.54) is 7.05 Å². The molecule has 15 heavy (non-hydrogen) atoms. The molecular formula is C10H20N2O3. The van der Waals surface area contributed by atoms with Crippen LogP contribution < -0.4 is 0 Å². The first kappa shape index (κ1) is 16.1. The summed E-state index contributed by atoms with van der Waals surface area (Å²) in [5, 5.41) is 8.01. The smallest absolute Gasteiger partial charge is 0.323 e. The number of rotatable bonds is 5. The van der Waals surface area contributed by atoms with Gasteiger partial charge in [-0.05, 0) is 21.0 Å². The molecule has 0 aliphatic heterocycles. The quantitative estimate of drug-likeness (QED) is 0.530. The number of hydrogen-bond donors (Lipinski definition) is 1. The third kappa shape index (κ3) is 19.2. The number of allylic oxidation sites excluding steroid dienone is 1. The molecule has 0 radical (unpaired) electrons. The SMILES string of the molecule is C/C=C/CN(C)C.CN(C=O)CC(=O)O. The minimum absolute atomic E-state index is 0.233. The fourth-order valence-corrected chi connectivity index (χ4v) is 0.567. The van der Waals surface area contributed by atoms with E-state index in [1.54, 1.807) is 0 Å². The van der Waals surface area contributed by atoms with Crippen LogP contribution in [-0.4, -0.2) is 61.5 Å². The molecule has 0 aliphatic carbocycles. The Labute approximate surface area is 91.0 Å². The Morgan fingerprint density at radius 3 is 2.00 bits per heavy atom. The average Bonchev–Trinajstić information content (AvgIpc) is 2.14. The maximum Gasteiger partial charge on any atom is 0.323 e. The van der Waals surface area contributed by atoms with Crippen molar-refractivity contribution in [1.82, 2.24) is 9.80 Å². The molecule has 0 unspecified atom stereocenters. The van der Waals surface area contributed by atoms with Crippen LogP contribution in [0.3, 0.4) is 0 Å². The van der Waals surface area contributed by atoms with Crippen LogP contribution in [0.4, 0.5) is 0 Å². The monoisotopic (exact) mass is 216 g/mol.